The Hall–Kier alpha value is -2.87. The van der Waals surface area contributed by atoms with Crippen LogP contribution in [0.1, 0.15) is 17.2 Å². The third-order valence-corrected chi connectivity index (χ3v) is 3.36. The second-order valence-corrected chi connectivity index (χ2v) is 5.02. The van der Waals surface area contributed by atoms with Crippen LogP contribution < -0.4 is 5.32 Å². The number of carbonyl (C=O) groups is 1. The first-order chi connectivity index (χ1) is 11.4. The van der Waals surface area contributed by atoms with Gasteiger partial charge in [0.05, 0.1) is 16.9 Å². The van der Waals surface area contributed by atoms with Crippen LogP contribution in [0.4, 0.5) is 14.5 Å². The fraction of sp³-hybridized carbons (Fsp3) is 0.188. The summed E-state index contributed by atoms with van der Waals surface area (Å²) in [6.07, 6.45) is -1.86. The maximum atomic E-state index is 13.5. The van der Waals surface area contributed by atoms with E-state index in [1.54, 1.807) is 6.07 Å². The molecule has 2 rings (SSSR count). The SMILES string of the molecule is O=C(Cc1ccccc1[N+](=O)[O-])NCC(O)c1c(F)cccc1F. The van der Waals surface area contributed by atoms with Gasteiger partial charge in [0, 0.05) is 18.2 Å². The molecule has 1 atom stereocenters. The molecular weight excluding hydrogens is 322 g/mol. The van der Waals surface area contributed by atoms with Gasteiger partial charge in [0.2, 0.25) is 5.91 Å². The van der Waals surface area contributed by atoms with E-state index < -0.39 is 40.7 Å². The number of nitrogens with zero attached hydrogens (tertiary/aromatic N) is 1. The van der Waals surface area contributed by atoms with Crippen LogP contribution in [0.3, 0.4) is 0 Å². The molecule has 0 spiro atoms. The van der Waals surface area contributed by atoms with Crippen molar-refractivity contribution < 1.29 is 23.6 Å². The Morgan fingerprint density at radius 3 is 2.42 bits per heavy atom. The molecule has 0 saturated carbocycles. The average molecular weight is 336 g/mol. The first kappa shape index (κ1) is 17.5. The Bertz CT molecular complexity index is 747. The summed E-state index contributed by atoms with van der Waals surface area (Å²) < 4.78 is 27.1. The van der Waals surface area contributed by atoms with Gasteiger partial charge in [-0.25, -0.2) is 8.78 Å². The lowest BCUT2D eigenvalue weighted by atomic mass is 10.1. The highest BCUT2D eigenvalue weighted by Gasteiger charge is 2.20. The van der Waals surface area contributed by atoms with E-state index in [1.807, 2.05) is 0 Å². The number of aliphatic hydroxyl groups excluding tert-OH is 1. The number of carbonyl (C=O) groups excluding carboxylic acids is 1. The van der Waals surface area contributed by atoms with Crippen molar-refractivity contribution in [1.29, 1.82) is 0 Å². The van der Waals surface area contributed by atoms with Crippen molar-refractivity contribution >= 4 is 11.6 Å². The molecule has 0 aliphatic carbocycles. The number of nitro groups is 1. The lowest BCUT2D eigenvalue weighted by Crippen LogP contribution is -2.30. The van der Waals surface area contributed by atoms with Gasteiger partial charge in [0.1, 0.15) is 17.7 Å². The summed E-state index contributed by atoms with van der Waals surface area (Å²) in [5, 5.41) is 23.0. The molecule has 2 aromatic carbocycles. The molecule has 0 radical (unpaired) electrons. The summed E-state index contributed by atoms with van der Waals surface area (Å²) in [7, 11) is 0. The van der Waals surface area contributed by atoms with Crippen LogP contribution in [0.5, 0.6) is 0 Å². The molecule has 0 saturated heterocycles. The standard InChI is InChI=1S/C16H14F2N2O4/c17-11-5-3-6-12(18)16(11)14(21)9-19-15(22)8-10-4-1-2-7-13(10)20(23)24/h1-7,14,21H,8-9H2,(H,19,22). The zero-order valence-corrected chi connectivity index (χ0v) is 12.4. The van der Waals surface area contributed by atoms with E-state index in [9.17, 15) is 28.8 Å². The molecule has 8 heteroatoms. The maximum absolute atomic E-state index is 13.5. The summed E-state index contributed by atoms with van der Waals surface area (Å²) >= 11 is 0. The Morgan fingerprint density at radius 2 is 1.79 bits per heavy atom. The Kier molecular flexibility index (Phi) is 5.54. The first-order valence-corrected chi connectivity index (χ1v) is 7.01. The normalized spacial score (nSPS) is 11.8. The fourth-order valence-electron chi connectivity index (χ4n) is 2.22. The molecule has 2 aromatic rings. The molecule has 0 heterocycles. The number of para-hydroxylation sites is 1. The van der Waals surface area contributed by atoms with Gasteiger partial charge in [-0.2, -0.15) is 0 Å². The Labute approximate surface area is 135 Å². The Balaban J connectivity index is 2.00. The van der Waals surface area contributed by atoms with E-state index in [2.05, 4.69) is 5.32 Å². The quantitative estimate of drug-likeness (QED) is 0.625. The highest BCUT2D eigenvalue weighted by atomic mass is 19.1. The van der Waals surface area contributed by atoms with E-state index in [-0.39, 0.29) is 17.7 Å². The molecule has 1 unspecified atom stereocenters. The van der Waals surface area contributed by atoms with E-state index >= 15 is 0 Å². The molecule has 1 amide bonds. The minimum Gasteiger partial charge on any atom is -0.386 e. The minimum absolute atomic E-state index is 0.201. The van der Waals surface area contributed by atoms with Gasteiger partial charge in [-0.1, -0.05) is 24.3 Å². The van der Waals surface area contributed by atoms with Crippen molar-refractivity contribution in [2.24, 2.45) is 0 Å². The van der Waals surface area contributed by atoms with Crippen LogP contribution in [-0.2, 0) is 11.2 Å². The van der Waals surface area contributed by atoms with Gasteiger partial charge in [-0.3, -0.25) is 14.9 Å². The van der Waals surface area contributed by atoms with Crippen LogP contribution in [0.25, 0.3) is 0 Å². The van der Waals surface area contributed by atoms with Crippen molar-refractivity contribution in [2.75, 3.05) is 6.54 Å². The number of halogens is 2. The van der Waals surface area contributed by atoms with Crippen LogP contribution in [0.15, 0.2) is 42.5 Å². The van der Waals surface area contributed by atoms with Gasteiger partial charge >= 0.3 is 0 Å². The number of aliphatic hydroxyl groups is 1. The third kappa shape index (κ3) is 4.11. The highest BCUT2D eigenvalue weighted by molar-refractivity contribution is 5.79. The number of nitrogens with one attached hydrogen (secondary N) is 1. The number of nitro benzene ring substituents is 1. The largest absolute Gasteiger partial charge is 0.386 e. The molecule has 2 N–H and O–H groups in total. The number of amides is 1. The summed E-state index contributed by atoms with van der Waals surface area (Å²) in [6.45, 7) is -0.419. The van der Waals surface area contributed by atoms with Crippen LogP contribution >= 0.6 is 0 Å². The average Bonchev–Trinajstić information content (AvgIpc) is 2.53. The summed E-state index contributed by atoms with van der Waals surface area (Å²) in [5.41, 5.74) is -0.539. The van der Waals surface area contributed by atoms with E-state index in [0.29, 0.717) is 0 Å². The minimum atomic E-state index is -1.57. The molecule has 126 valence electrons. The predicted octanol–water partition coefficient (Wildman–Crippen LogP) is 2.27. The van der Waals surface area contributed by atoms with Crippen molar-refractivity contribution in [3.8, 4) is 0 Å². The van der Waals surface area contributed by atoms with E-state index in [4.69, 9.17) is 0 Å². The van der Waals surface area contributed by atoms with Crippen molar-refractivity contribution in [3.05, 3.63) is 75.3 Å². The van der Waals surface area contributed by atoms with Crippen molar-refractivity contribution in [3.63, 3.8) is 0 Å². The summed E-state index contributed by atoms with van der Waals surface area (Å²) in [5.74, 6) is -2.45. The molecule has 0 fully saturated rings. The molecule has 6 nitrogen and oxygen atoms in total. The topological polar surface area (TPSA) is 92.5 Å². The molecule has 24 heavy (non-hydrogen) atoms. The second kappa shape index (κ2) is 7.60. The predicted molar refractivity (Wildman–Crippen MR) is 81.1 cm³/mol. The number of benzene rings is 2. The monoisotopic (exact) mass is 336 g/mol. The van der Waals surface area contributed by atoms with Crippen LogP contribution in [0, 0.1) is 21.7 Å². The smallest absolute Gasteiger partial charge is 0.273 e. The molecule has 0 aliphatic heterocycles. The van der Waals surface area contributed by atoms with Crippen LogP contribution in [0.2, 0.25) is 0 Å². The molecule has 0 aromatic heterocycles. The summed E-state index contributed by atoms with van der Waals surface area (Å²) in [6, 6.07) is 8.89. The summed E-state index contributed by atoms with van der Waals surface area (Å²) in [4.78, 5) is 22.1. The highest BCUT2D eigenvalue weighted by Crippen LogP contribution is 2.20. The van der Waals surface area contributed by atoms with E-state index in [0.717, 1.165) is 18.2 Å². The van der Waals surface area contributed by atoms with Gasteiger partial charge in [-0.05, 0) is 12.1 Å². The van der Waals surface area contributed by atoms with Crippen molar-refractivity contribution in [1.82, 2.24) is 5.32 Å². The first-order valence-electron chi connectivity index (χ1n) is 7.01. The van der Waals surface area contributed by atoms with Gasteiger partial charge in [0.25, 0.3) is 5.69 Å². The Morgan fingerprint density at radius 1 is 1.17 bits per heavy atom. The molecule has 0 aliphatic rings. The number of hydrogen-bond donors (Lipinski definition) is 2. The van der Waals surface area contributed by atoms with Gasteiger partial charge in [0.15, 0.2) is 0 Å². The lowest BCUT2D eigenvalue weighted by molar-refractivity contribution is -0.385. The maximum Gasteiger partial charge on any atom is 0.273 e. The number of rotatable bonds is 6. The van der Waals surface area contributed by atoms with E-state index in [1.165, 1.54) is 18.2 Å². The van der Waals surface area contributed by atoms with Crippen molar-refractivity contribution in [2.45, 2.75) is 12.5 Å². The molecule has 0 bridgehead atoms. The second-order valence-electron chi connectivity index (χ2n) is 5.02. The third-order valence-electron chi connectivity index (χ3n) is 3.36. The van der Waals surface area contributed by atoms with Gasteiger partial charge < -0.3 is 10.4 Å². The number of hydrogen-bond acceptors (Lipinski definition) is 4. The fourth-order valence-corrected chi connectivity index (χ4v) is 2.22. The zero-order chi connectivity index (χ0) is 17.7. The lowest BCUT2D eigenvalue weighted by Gasteiger charge is -2.14. The molecular formula is C16H14F2N2O4. The van der Waals surface area contributed by atoms with Gasteiger partial charge in [-0.15, -0.1) is 0 Å². The zero-order valence-electron chi connectivity index (χ0n) is 12.4. The van der Waals surface area contributed by atoms with Crippen LogP contribution in [-0.4, -0.2) is 22.5 Å².